The quantitative estimate of drug-likeness (QED) is 0.557. The van der Waals surface area contributed by atoms with Gasteiger partial charge in [-0.15, -0.1) is 0 Å². The molecule has 4 heteroatoms. The van der Waals surface area contributed by atoms with Crippen LogP contribution in [-0.2, 0) is 6.61 Å². The molecule has 3 nitrogen and oxygen atoms in total. The first-order valence-electron chi connectivity index (χ1n) is 8.43. The van der Waals surface area contributed by atoms with Crippen LogP contribution in [0.15, 0.2) is 48.5 Å². The number of aryl methyl sites for hydroxylation is 1. The Balaban J connectivity index is 1.88. The van der Waals surface area contributed by atoms with Gasteiger partial charge in [-0.3, -0.25) is 4.98 Å². The lowest BCUT2D eigenvalue weighted by Gasteiger charge is -2.11. The highest BCUT2D eigenvalue weighted by molar-refractivity contribution is 6.30. The SMILES string of the molecule is CCCC(=N)c1cc(C)nc2cc(OCc3cccc(Cl)c3)ccc12. The lowest BCUT2D eigenvalue weighted by molar-refractivity contribution is 0.306. The number of halogens is 1. The first kappa shape index (κ1) is 17.4. The van der Waals surface area contributed by atoms with Crippen LogP contribution < -0.4 is 4.74 Å². The van der Waals surface area contributed by atoms with Gasteiger partial charge in [0.15, 0.2) is 0 Å². The summed E-state index contributed by atoms with van der Waals surface area (Å²) in [6, 6.07) is 15.5. The van der Waals surface area contributed by atoms with Gasteiger partial charge in [-0.1, -0.05) is 37.1 Å². The van der Waals surface area contributed by atoms with E-state index in [9.17, 15) is 0 Å². The lowest BCUT2D eigenvalue weighted by atomic mass is 10.0. The predicted octanol–water partition coefficient (Wildman–Crippen LogP) is 5.94. The fourth-order valence-corrected chi connectivity index (χ4v) is 3.07. The van der Waals surface area contributed by atoms with Gasteiger partial charge in [-0.25, -0.2) is 0 Å². The summed E-state index contributed by atoms with van der Waals surface area (Å²) in [4.78, 5) is 4.61. The normalized spacial score (nSPS) is 10.8. The first-order chi connectivity index (χ1) is 12.1. The Morgan fingerprint density at radius 2 is 2.00 bits per heavy atom. The fraction of sp³-hybridized carbons (Fsp3) is 0.238. The first-order valence-corrected chi connectivity index (χ1v) is 8.81. The molecule has 3 rings (SSSR count). The second kappa shape index (κ2) is 7.66. The highest BCUT2D eigenvalue weighted by Crippen LogP contribution is 2.25. The minimum atomic E-state index is 0.455. The number of benzene rings is 2. The Morgan fingerprint density at radius 3 is 2.76 bits per heavy atom. The van der Waals surface area contributed by atoms with Gasteiger partial charge in [0.25, 0.3) is 0 Å². The molecule has 1 aromatic heterocycles. The third-order valence-electron chi connectivity index (χ3n) is 4.03. The number of fused-ring (bicyclic) bond motifs is 1. The molecule has 25 heavy (non-hydrogen) atoms. The van der Waals surface area contributed by atoms with Crippen LogP contribution in [0, 0.1) is 12.3 Å². The van der Waals surface area contributed by atoms with Crippen molar-refractivity contribution < 1.29 is 4.74 Å². The molecule has 0 radical (unpaired) electrons. The maximum atomic E-state index is 8.30. The zero-order valence-corrected chi connectivity index (χ0v) is 15.2. The van der Waals surface area contributed by atoms with E-state index in [0.29, 0.717) is 17.3 Å². The number of hydrogen-bond donors (Lipinski definition) is 1. The van der Waals surface area contributed by atoms with Crippen molar-refractivity contribution >= 4 is 28.2 Å². The molecule has 0 saturated heterocycles. The number of nitrogens with one attached hydrogen (secondary N) is 1. The number of hydrogen-bond acceptors (Lipinski definition) is 3. The average molecular weight is 353 g/mol. The van der Waals surface area contributed by atoms with Crippen molar-refractivity contribution in [2.75, 3.05) is 0 Å². The molecule has 0 aliphatic rings. The molecule has 0 fully saturated rings. The van der Waals surface area contributed by atoms with Crippen LogP contribution in [0.2, 0.25) is 5.02 Å². The standard InChI is InChI=1S/C21H21ClN2O/c1-3-5-20(23)19-10-14(2)24-21-12-17(8-9-18(19)21)25-13-15-6-4-7-16(22)11-15/h4,6-12,23H,3,5,13H2,1-2H3. The Morgan fingerprint density at radius 1 is 1.16 bits per heavy atom. The Hall–Kier alpha value is -2.39. The van der Waals surface area contributed by atoms with E-state index in [1.165, 1.54) is 0 Å². The van der Waals surface area contributed by atoms with Crippen LogP contribution in [0.3, 0.4) is 0 Å². The average Bonchev–Trinajstić information content (AvgIpc) is 2.59. The van der Waals surface area contributed by atoms with Gasteiger partial charge in [0.05, 0.1) is 5.52 Å². The number of aromatic nitrogens is 1. The molecule has 0 bridgehead atoms. The van der Waals surface area contributed by atoms with Gasteiger partial charge >= 0.3 is 0 Å². The third kappa shape index (κ3) is 4.18. The number of ether oxygens (including phenoxy) is 1. The van der Waals surface area contributed by atoms with E-state index >= 15 is 0 Å². The van der Waals surface area contributed by atoms with Crippen LogP contribution in [0.4, 0.5) is 0 Å². The van der Waals surface area contributed by atoms with Crippen LogP contribution in [0.25, 0.3) is 10.9 Å². The summed E-state index contributed by atoms with van der Waals surface area (Å²) in [5.74, 6) is 0.763. The fourth-order valence-electron chi connectivity index (χ4n) is 2.86. The molecule has 0 aliphatic carbocycles. The highest BCUT2D eigenvalue weighted by Gasteiger charge is 2.10. The Labute approximate surface area is 153 Å². The van der Waals surface area contributed by atoms with Crippen molar-refractivity contribution in [3.63, 3.8) is 0 Å². The van der Waals surface area contributed by atoms with Gasteiger partial charge in [0.1, 0.15) is 12.4 Å². The van der Waals surface area contributed by atoms with Crippen molar-refractivity contribution in [2.24, 2.45) is 0 Å². The van der Waals surface area contributed by atoms with E-state index < -0.39 is 0 Å². The minimum absolute atomic E-state index is 0.455. The molecule has 0 aliphatic heterocycles. The summed E-state index contributed by atoms with van der Waals surface area (Å²) in [6.07, 6.45) is 1.73. The molecule has 0 amide bonds. The second-order valence-electron chi connectivity index (χ2n) is 6.14. The lowest BCUT2D eigenvalue weighted by Crippen LogP contribution is -2.02. The number of pyridine rings is 1. The molecular formula is C21H21ClN2O. The van der Waals surface area contributed by atoms with Crippen molar-refractivity contribution in [3.05, 3.63) is 70.4 Å². The van der Waals surface area contributed by atoms with Gasteiger partial charge in [0.2, 0.25) is 0 Å². The molecule has 1 N–H and O–H groups in total. The van der Waals surface area contributed by atoms with E-state index in [0.717, 1.165) is 46.3 Å². The van der Waals surface area contributed by atoms with Crippen LogP contribution in [-0.4, -0.2) is 10.7 Å². The Kier molecular flexibility index (Phi) is 5.34. The summed E-state index contributed by atoms with van der Waals surface area (Å²) in [5.41, 5.74) is 4.42. The maximum absolute atomic E-state index is 8.30. The van der Waals surface area contributed by atoms with Crippen molar-refractivity contribution in [1.29, 1.82) is 5.41 Å². The van der Waals surface area contributed by atoms with Crippen LogP contribution >= 0.6 is 11.6 Å². The topological polar surface area (TPSA) is 46.0 Å². The van der Waals surface area contributed by atoms with Crippen molar-refractivity contribution in [2.45, 2.75) is 33.3 Å². The summed E-state index contributed by atoms with van der Waals surface area (Å²) in [7, 11) is 0. The molecule has 128 valence electrons. The van der Waals surface area contributed by atoms with E-state index in [1.54, 1.807) is 0 Å². The number of nitrogens with zero attached hydrogens (tertiary/aromatic N) is 1. The van der Waals surface area contributed by atoms with Gasteiger partial charge in [-0.05, 0) is 49.2 Å². The van der Waals surface area contributed by atoms with Gasteiger partial charge in [-0.2, -0.15) is 0 Å². The van der Waals surface area contributed by atoms with Gasteiger partial charge < -0.3 is 10.1 Å². The molecule has 2 aromatic carbocycles. The number of rotatable bonds is 6. The zero-order valence-electron chi connectivity index (χ0n) is 14.5. The predicted molar refractivity (Wildman–Crippen MR) is 104 cm³/mol. The molecular weight excluding hydrogens is 332 g/mol. The Bertz CT molecular complexity index is 921. The van der Waals surface area contributed by atoms with Crippen LogP contribution in [0.5, 0.6) is 5.75 Å². The zero-order chi connectivity index (χ0) is 17.8. The van der Waals surface area contributed by atoms with Crippen molar-refractivity contribution in [3.8, 4) is 5.75 Å². The van der Waals surface area contributed by atoms with E-state index in [2.05, 4.69) is 11.9 Å². The van der Waals surface area contributed by atoms with Gasteiger partial charge in [0, 0.05) is 33.4 Å². The van der Waals surface area contributed by atoms with Crippen molar-refractivity contribution in [1.82, 2.24) is 4.98 Å². The van der Waals surface area contributed by atoms with E-state index in [1.807, 2.05) is 55.5 Å². The van der Waals surface area contributed by atoms with Crippen LogP contribution in [0.1, 0.15) is 36.6 Å². The molecule has 0 spiro atoms. The van der Waals surface area contributed by atoms with E-state index in [-0.39, 0.29) is 0 Å². The summed E-state index contributed by atoms with van der Waals surface area (Å²) < 4.78 is 5.89. The summed E-state index contributed by atoms with van der Waals surface area (Å²) >= 11 is 6.01. The minimum Gasteiger partial charge on any atom is -0.489 e. The smallest absolute Gasteiger partial charge is 0.122 e. The monoisotopic (exact) mass is 352 g/mol. The largest absolute Gasteiger partial charge is 0.489 e. The molecule has 0 saturated carbocycles. The second-order valence-corrected chi connectivity index (χ2v) is 6.57. The summed E-state index contributed by atoms with van der Waals surface area (Å²) in [6.45, 7) is 4.50. The molecule has 1 heterocycles. The third-order valence-corrected chi connectivity index (χ3v) is 4.26. The maximum Gasteiger partial charge on any atom is 0.122 e. The molecule has 3 aromatic rings. The highest BCUT2D eigenvalue weighted by atomic mass is 35.5. The molecule has 0 unspecified atom stereocenters. The molecule has 0 atom stereocenters. The summed E-state index contributed by atoms with van der Waals surface area (Å²) in [5, 5.41) is 10.0. The van der Waals surface area contributed by atoms with E-state index in [4.69, 9.17) is 21.7 Å².